The van der Waals surface area contributed by atoms with Gasteiger partial charge < -0.3 is 19.6 Å². The zero-order valence-electron chi connectivity index (χ0n) is 17.9. The molecule has 0 bridgehead atoms. The van der Waals surface area contributed by atoms with Crippen molar-refractivity contribution in [2.75, 3.05) is 6.35 Å². The highest BCUT2D eigenvalue weighted by molar-refractivity contribution is 7.51. The average Bonchev–Trinajstić information content (AvgIpc) is 2.70. The van der Waals surface area contributed by atoms with E-state index in [0.717, 1.165) is 27.8 Å². The van der Waals surface area contributed by atoms with E-state index in [2.05, 4.69) is 0 Å². The largest absolute Gasteiger partial charge is 0.508 e. The summed E-state index contributed by atoms with van der Waals surface area (Å²) < 4.78 is 29.2. The van der Waals surface area contributed by atoms with Crippen LogP contribution in [0, 0.1) is 19.7 Å². The Labute approximate surface area is 182 Å². The van der Waals surface area contributed by atoms with Crippen LogP contribution >= 0.6 is 7.60 Å². The average molecular weight is 446 g/mol. The van der Waals surface area contributed by atoms with Gasteiger partial charge in [-0.25, -0.2) is 4.39 Å². The molecular formula is C24H28FO5P. The maximum atomic E-state index is 13.0. The number of hydrogen-bond donors (Lipinski definition) is 3. The third-order valence-electron chi connectivity index (χ3n) is 4.75. The third-order valence-corrected chi connectivity index (χ3v) is 5.21. The third kappa shape index (κ3) is 8.54. The van der Waals surface area contributed by atoms with Gasteiger partial charge in [0.05, 0.1) is 0 Å². The maximum absolute atomic E-state index is 13.0. The van der Waals surface area contributed by atoms with E-state index < -0.39 is 13.9 Å². The number of rotatable bonds is 9. The lowest BCUT2D eigenvalue weighted by atomic mass is 9.95. The molecule has 2 aromatic rings. The first kappa shape index (κ1) is 24.6. The molecule has 0 radical (unpaired) electrons. The predicted octanol–water partition coefficient (Wildman–Crippen LogP) is 5.69. The summed E-state index contributed by atoms with van der Waals surface area (Å²) in [6.07, 6.45) is 7.57. The van der Waals surface area contributed by atoms with Gasteiger partial charge >= 0.3 is 7.60 Å². The highest BCUT2D eigenvalue weighted by atomic mass is 31.2. The Kier molecular flexibility index (Phi) is 8.81. The van der Waals surface area contributed by atoms with Gasteiger partial charge in [0, 0.05) is 0 Å². The van der Waals surface area contributed by atoms with Gasteiger partial charge in [-0.2, -0.15) is 0 Å². The van der Waals surface area contributed by atoms with E-state index in [4.69, 9.17) is 14.5 Å². The fraction of sp³-hybridized carbons (Fsp3) is 0.250. The number of halogens is 1. The summed E-state index contributed by atoms with van der Waals surface area (Å²) in [6, 6.07) is 9.66. The molecule has 0 aliphatic heterocycles. The number of allylic oxidation sites excluding steroid dienone is 5. The topological polar surface area (TPSA) is 87.0 Å². The zero-order chi connectivity index (χ0) is 23.0. The fourth-order valence-corrected chi connectivity index (χ4v) is 3.36. The van der Waals surface area contributed by atoms with Crippen molar-refractivity contribution < 1.29 is 28.6 Å². The highest BCUT2D eigenvalue weighted by Crippen LogP contribution is 2.35. The second-order valence-electron chi connectivity index (χ2n) is 7.31. The van der Waals surface area contributed by atoms with Crippen LogP contribution in [0.1, 0.15) is 29.2 Å². The summed E-state index contributed by atoms with van der Waals surface area (Å²) in [5, 5.41) is 10.1. The number of aliphatic hydroxyl groups is 1. The van der Waals surface area contributed by atoms with Crippen molar-refractivity contribution in [2.45, 2.75) is 33.6 Å². The Balaban J connectivity index is 2.05. The van der Waals surface area contributed by atoms with E-state index in [9.17, 15) is 14.1 Å². The van der Waals surface area contributed by atoms with E-state index in [1.165, 1.54) is 12.1 Å². The van der Waals surface area contributed by atoms with Crippen LogP contribution in [0.3, 0.4) is 0 Å². The normalized spacial score (nSPS) is 13.1. The lowest BCUT2D eigenvalue weighted by Crippen LogP contribution is -2.01. The minimum atomic E-state index is -4.23. The number of hydrogen-bond acceptors (Lipinski definition) is 3. The monoisotopic (exact) mass is 446 g/mol. The van der Waals surface area contributed by atoms with Crippen molar-refractivity contribution in [1.82, 2.24) is 0 Å². The van der Waals surface area contributed by atoms with Crippen molar-refractivity contribution in [3.8, 4) is 5.75 Å². The quantitative estimate of drug-likeness (QED) is 0.262. The van der Waals surface area contributed by atoms with Crippen LogP contribution in [0.25, 0.3) is 0 Å². The number of aliphatic hydroxyl groups excluding tert-OH is 1. The Morgan fingerprint density at radius 3 is 2.26 bits per heavy atom. The molecule has 0 spiro atoms. The summed E-state index contributed by atoms with van der Waals surface area (Å²) in [7, 11) is -4.23. The first-order chi connectivity index (χ1) is 14.6. The van der Waals surface area contributed by atoms with Gasteiger partial charge in [-0.15, -0.1) is 0 Å². The van der Waals surface area contributed by atoms with Crippen molar-refractivity contribution in [3.05, 3.63) is 100 Å². The second-order valence-corrected chi connectivity index (χ2v) is 8.89. The molecule has 0 atom stereocenters. The van der Waals surface area contributed by atoms with Crippen LogP contribution in [-0.4, -0.2) is 21.2 Å². The number of aryl methyl sites for hydroxylation is 2. The molecular weight excluding hydrogens is 418 g/mol. The summed E-state index contributed by atoms with van der Waals surface area (Å²) in [4.78, 5) is 17.9. The van der Waals surface area contributed by atoms with Gasteiger partial charge in [-0.05, 0) is 97.9 Å². The molecule has 2 aromatic carbocycles. The maximum Gasteiger partial charge on any atom is 0.362 e. The van der Waals surface area contributed by atoms with Crippen LogP contribution in [0.15, 0.2) is 72.0 Å². The molecule has 0 aliphatic carbocycles. The van der Waals surface area contributed by atoms with Crippen molar-refractivity contribution >= 4 is 7.60 Å². The Hall–Kier alpha value is -2.66. The van der Waals surface area contributed by atoms with Crippen molar-refractivity contribution in [2.24, 2.45) is 0 Å². The van der Waals surface area contributed by atoms with Crippen LogP contribution in [-0.2, 0) is 17.4 Å². The lowest BCUT2D eigenvalue weighted by molar-refractivity contribution is 0.300. The van der Waals surface area contributed by atoms with E-state index in [1.807, 2.05) is 32.9 Å². The van der Waals surface area contributed by atoms with Crippen LogP contribution in [0.2, 0.25) is 0 Å². The molecule has 7 heteroatoms. The molecule has 0 saturated carbocycles. The zero-order valence-corrected chi connectivity index (χ0v) is 18.8. The molecule has 0 aromatic heterocycles. The first-order valence-corrected chi connectivity index (χ1v) is 11.6. The van der Waals surface area contributed by atoms with Crippen LogP contribution < -0.4 is 4.74 Å². The molecule has 0 saturated heterocycles. The van der Waals surface area contributed by atoms with Crippen molar-refractivity contribution in [3.63, 3.8) is 0 Å². The van der Waals surface area contributed by atoms with E-state index >= 15 is 0 Å². The van der Waals surface area contributed by atoms with Crippen molar-refractivity contribution in [1.29, 1.82) is 0 Å². The minimum absolute atomic E-state index is 0.123. The molecule has 3 N–H and O–H groups in total. The SMILES string of the molecule is C\C=C(/C=C\C(O)=C\Cc1ccc(F)cc1)Cc1c(C)cc(OCP(=O)(O)O)cc1C. The smallest absolute Gasteiger partial charge is 0.362 e. The van der Waals surface area contributed by atoms with Gasteiger partial charge in [0.15, 0.2) is 6.35 Å². The summed E-state index contributed by atoms with van der Waals surface area (Å²) >= 11 is 0. The molecule has 5 nitrogen and oxygen atoms in total. The second kappa shape index (κ2) is 11.1. The van der Waals surface area contributed by atoms with E-state index in [1.54, 1.807) is 36.4 Å². The Bertz CT molecular complexity index is 1010. The van der Waals surface area contributed by atoms with Crippen LogP contribution in [0.4, 0.5) is 4.39 Å². The molecule has 0 unspecified atom stereocenters. The first-order valence-electron chi connectivity index (χ1n) is 9.81. The molecule has 0 amide bonds. The highest BCUT2D eigenvalue weighted by Gasteiger charge is 2.15. The molecule has 31 heavy (non-hydrogen) atoms. The summed E-state index contributed by atoms with van der Waals surface area (Å²) in [6.45, 7) is 5.76. The van der Waals surface area contributed by atoms with Gasteiger partial charge in [0.25, 0.3) is 0 Å². The lowest BCUT2D eigenvalue weighted by Gasteiger charge is -2.14. The fourth-order valence-electron chi connectivity index (χ4n) is 3.04. The standard InChI is InChI=1S/C24H28FO5P/c1-4-19(7-11-22(26)12-8-20-5-9-21(25)10-6-20)15-24-17(2)13-23(14-18(24)3)30-16-31(27,28)29/h4-7,9-14,26H,8,15-16H2,1-3H3,(H2,27,28,29)/b11-7-,19-4+,22-12-. The molecule has 0 heterocycles. The molecule has 0 fully saturated rings. The van der Waals surface area contributed by atoms with Gasteiger partial charge in [-0.1, -0.05) is 24.3 Å². The van der Waals surface area contributed by atoms with Gasteiger partial charge in [0.1, 0.15) is 17.3 Å². The Morgan fingerprint density at radius 2 is 1.71 bits per heavy atom. The number of benzene rings is 2. The minimum Gasteiger partial charge on any atom is -0.508 e. The molecule has 166 valence electrons. The number of ether oxygens (including phenoxy) is 1. The Morgan fingerprint density at radius 1 is 1.10 bits per heavy atom. The van der Waals surface area contributed by atoms with E-state index in [0.29, 0.717) is 18.6 Å². The predicted molar refractivity (Wildman–Crippen MR) is 121 cm³/mol. The molecule has 2 rings (SSSR count). The van der Waals surface area contributed by atoms with Gasteiger partial charge in [-0.3, -0.25) is 4.57 Å². The summed E-state index contributed by atoms with van der Waals surface area (Å²) in [5.41, 5.74) is 4.88. The van der Waals surface area contributed by atoms with Crippen LogP contribution in [0.5, 0.6) is 5.75 Å². The van der Waals surface area contributed by atoms with E-state index in [-0.39, 0.29) is 11.6 Å². The molecule has 0 aliphatic rings. The summed E-state index contributed by atoms with van der Waals surface area (Å²) in [5.74, 6) is 0.251. The van der Waals surface area contributed by atoms with Gasteiger partial charge in [0.2, 0.25) is 0 Å².